The SMILES string of the molecule is CCN1CN(OC(=O)C(O)C(O)C(=O)ON2CN(CC)c3c2n(CC)c(=O)n(CC(O)CN(C)CC(O)COc2ccccc2OCc2ccccc2)c3=O)c2c1c(=O)n(CC(O)CN(C)CC(O)COc1ccccc1OCc1ccccc1)c(=O)n2CC. The first-order chi connectivity index (χ1) is 43.2. The highest BCUT2D eigenvalue weighted by Crippen LogP contribution is 2.35. The second kappa shape index (κ2) is 31.1. The van der Waals surface area contributed by atoms with Crippen LogP contribution in [0.1, 0.15) is 38.8 Å². The predicted octanol–water partition coefficient (Wildman–Crippen LogP) is 0.542. The third-order valence-electron chi connectivity index (χ3n) is 14.9. The number of anilines is 4. The van der Waals surface area contributed by atoms with Crippen LogP contribution in [0.5, 0.6) is 23.0 Å². The summed E-state index contributed by atoms with van der Waals surface area (Å²) in [5.74, 6) is -1.69. The third kappa shape index (κ3) is 16.2. The molecule has 0 fully saturated rings. The van der Waals surface area contributed by atoms with Crippen LogP contribution >= 0.6 is 0 Å². The molecule has 2 aromatic heterocycles. The van der Waals surface area contributed by atoms with Crippen molar-refractivity contribution in [3.05, 3.63) is 162 Å². The number of likely N-dealkylation sites (N-methyl/N-ethyl adjacent to an activating group) is 2. The van der Waals surface area contributed by atoms with Gasteiger partial charge in [-0.15, -0.1) is 0 Å². The number of aliphatic hydroxyl groups excluding tert-OH is 6. The molecular weight excluding hydrogens is 1170 g/mol. The summed E-state index contributed by atoms with van der Waals surface area (Å²) >= 11 is 0. The molecule has 0 radical (unpaired) electrons. The van der Waals surface area contributed by atoms with Gasteiger partial charge in [0.05, 0.1) is 25.3 Å². The van der Waals surface area contributed by atoms with E-state index >= 15 is 0 Å². The van der Waals surface area contributed by atoms with Gasteiger partial charge in [0.1, 0.15) is 63.3 Å². The van der Waals surface area contributed by atoms with Crippen LogP contribution in [0.15, 0.2) is 128 Å². The largest absolute Gasteiger partial charge is 0.487 e. The molecule has 0 saturated carbocycles. The zero-order chi connectivity index (χ0) is 64.8. The van der Waals surface area contributed by atoms with Gasteiger partial charge in [-0.3, -0.25) is 27.9 Å². The van der Waals surface area contributed by atoms with Crippen LogP contribution in [0, 0.1) is 0 Å². The van der Waals surface area contributed by atoms with Crippen molar-refractivity contribution in [2.24, 2.45) is 0 Å². The fourth-order valence-electron chi connectivity index (χ4n) is 10.6. The van der Waals surface area contributed by atoms with Crippen LogP contribution in [0.25, 0.3) is 0 Å². The molecule has 28 heteroatoms. The molecule has 2 aliphatic heterocycles. The molecule has 0 aliphatic carbocycles. The summed E-state index contributed by atoms with van der Waals surface area (Å²) in [6, 6.07) is 33.3. The summed E-state index contributed by atoms with van der Waals surface area (Å²) < 4.78 is 27.6. The lowest BCUT2D eigenvalue weighted by molar-refractivity contribution is -0.174. The smallest absolute Gasteiger partial charge is 0.364 e. The van der Waals surface area contributed by atoms with Gasteiger partial charge in [-0.25, -0.2) is 19.2 Å². The summed E-state index contributed by atoms with van der Waals surface area (Å²) in [5, 5.41) is 68.2. The molecule has 2 aliphatic rings. The number of hydrogen-bond donors (Lipinski definition) is 6. The first-order valence-corrected chi connectivity index (χ1v) is 29.7. The first kappa shape index (κ1) is 67.2. The van der Waals surface area contributed by atoms with Gasteiger partial charge in [0.25, 0.3) is 11.1 Å². The quantitative estimate of drug-likeness (QED) is 0.0328. The fraction of sp³-hybridized carbons (Fsp3) is 0.452. The highest BCUT2D eigenvalue weighted by atomic mass is 16.7. The van der Waals surface area contributed by atoms with Crippen molar-refractivity contribution in [2.75, 3.05) is 99.8 Å². The van der Waals surface area contributed by atoms with Gasteiger partial charge in [0.2, 0.25) is 0 Å². The maximum Gasteiger partial charge on any atom is 0.364 e. The molecule has 4 heterocycles. The molecule has 6 aromatic rings. The van der Waals surface area contributed by atoms with Crippen LogP contribution in [-0.2, 0) is 58.7 Å². The van der Waals surface area contributed by atoms with E-state index in [0.717, 1.165) is 39.5 Å². The number of carbonyl (C=O) groups is 2. The summed E-state index contributed by atoms with van der Waals surface area (Å²) in [6.45, 7) is 5.44. The lowest BCUT2D eigenvalue weighted by atomic mass is 10.2. The minimum Gasteiger partial charge on any atom is -0.487 e. The van der Waals surface area contributed by atoms with E-state index in [1.165, 1.54) is 9.80 Å². The second-order valence-corrected chi connectivity index (χ2v) is 21.8. The summed E-state index contributed by atoms with van der Waals surface area (Å²) in [6.07, 6.45) is -9.86. The number of hydroxylamine groups is 2. The Bertz CT molecular complexity index is 3390. The number of rotatable bonds is 33. The number of fused-ring (bicyclic) bond motifs is 2. The molecule has 6 N–H and O–H groups in total. The topological polar surface area (TPSA) is 318 Å². The van der Waals surface area contributed by atoms with E-state index in [-0.39, 0.29) is 102 Å². The van der Waals surface area contributed by atoms with E-state index in [9.17, 15) is 59.4 Å². The van der Waals surface area contributed by atoms with Crippen molar-refractivity contribution >= 4 is 34.9 Å². The molecule has 0 bridgehead atoms. The van der Waals surface area contributed by atoms with Crippen molar-refractivity contribution < 1.29 is 68.9 Å². The second-order valence-electron chi connectivity index (χ2n) is 21.8. The molecular formula is C62H80N10O18. The maximum absolute atomic E-state index is 14.2. The number of ether oxygens (including phenoxy) is 4. The Labute approximate surface area is 518 Å². The van der Waals surface area contributed by atoms with Crippen molar-refractivity contribution in [2.45, 2.75) is 104 Å². The fourth-order valence-corrected chi connectivity index (χ4v) is 10.6. The monoisotopic (exact) mass is 1250 g/mol. The predicted molar refractivity (Wildman–Crippen MR) is 331 cm³/mol. The highest BCUT2D eigenvalue weighted by molar-refractivity contribution is 5.87. The number of nitrogens with zero attached hydrogens (tertiary/aromatic N) is 10. The van der Waals surface area contributed by atoms with E-state index in [1.807, 2.05) is 60.7 Å². The van der Waals surface area contributed by atoms with Crippen LogP contribution in [0.3, 0.4) is 0 Å². The van der Waals surface area contributed by atoms with E-state index in [1.54, 1.807) is 100 Å². The number of aliphatic hydroxyl groups is 6. The zero-order valence-corrected chi connectivity index (χ0v) is 51.2. The Balaban J connectivity index is 0.855. The van der Waals surface area contributed by atoms with Crippen LogP contribution in [0.2, 0.25) is 0 Å². The van der Waals surface area contributed by atoms with Gasteiger partial charge in [-0.1, -0.05) is 84.9 Å². The molecule has 0 amide bonds. The number of para-hydroxylation sites is 4. The molecule has 4 aromatic carbocycles. The van der Waals surface area contributed by atoms with Crippen molar-refractivity contribution in [1.82, 2.24) is 28.1 Å². The Morgan fingerprint density at radius 3 is 1.10 bits per heavy atom. The highest BCUT2D eigenvalue weighted by Gasteiger charge is 2.43. The van der Waals surface area contributed by atoms with Gasteiger partial charge in [0.15, 0.2) is 46.8 Å². The Morgan fingerprint density at radius 1 is 0.444 bits per heavy atom. The Kier molecular flexibility index (Phi) is 23.2. The molecule has 28 nitrogen and oxygen atoms in total. The normalized spacial score (nSPS) is 14.9. The van der Waals surface area contributed by atoms with Crippen LogP contribution < -0.4 is 61.4 Å². The summed E-state index contributed by atoms with van der Waals surface area (Å²) in [7, 11) is 3.28. The zero-order valence-electron chi connectivity index (χ0n) is 51.2. The molecule has 6 unspecified atom stereocenters. The molecule has 0 spiro atoms. The number of carbonyl (C=O) groups excluding carboxylic acids is 2. The van der Waals surface area contributed by atoms with Gasteiger partial charge in [-0.05, 0) is 77.2 Å². The average molecular weight is 1250 g/mol. The minimum atomic E-state index is -2.62. The number of hydrogen-bond acceptors (Lipinski definition) is 24. The van der Waals surface area contributed by atoms with Gasteiger partial charge in [-0.2, -0.15) is 10.1 Å². The van der Waals surface area contributed by atoms with Gasteiger partial charge in [0, 0.05) is 52.4 Å². The molecule has 8 rings (SSSR count). The van der Waals surface area contributed by atoms with Gasteiger partial charge < -0.3 is 78.9 Å². The Hall–Kier alpha value is -8.74. The summed E-state index contributed by atoms with van der Waals surface area (Å²) in [5.41, 5.74) is -1.66. The maximum atomic E-state index is 14.2. The first-order valence-electron chi connectivity index (χ1n) is 29.7. The molecule has 6 atom stereocenters. The van der Waals surface area contributed by atoms with E-state index in [4.69, 9.17) is 28.6 Å². The van der Waals surface area contributed by atoms with Crippen LogP contribution in [-0.4, -0.2) is 187 Å². The molecule has 90 heavy (non-hydrogen) atoms. The standard InChI is InChI=1S/C62H80N10O18/c1-7-65-39-71(55-51(65)57(79)69(61(83)67(55)9-3)33-43(73)29-63(5)31-45(75)37-87-49-27-19-17-25-47(49)85-35-41-21-13-11-14-22-41)89-59(81)53(77)54(78)60(82)90-72-40-66(8-2)52-56(72)68(10-4)62(84)70(58(52)80)34-44(74)30-64(6)32-46(76)38-88-50-28-20-18-26-48(50)86-36-42-23-15-12-16-24-42/h11-28,43-46,53-54,73-78H,7-10,29-40H2,1-6H3. The molecule has 486 valence electrons. The van der Waals surface area contributed by atoms with Crippen molar-refractivity contribution in [3.8, 4) is 23.0 Å². The lowest BCUT2D eigenvalue weighted by Gasteiger charge is -2.25. The minimum absolute atomic E-state index is 0.0438. The van der Waals surface area contributed by atoms with E-state index in [2.05, 4.69) is 0 Å². The average Bonchev–Trinajstić information content (AvgIpc) is 1.57. The number of aromatic nitrogens is 4. The number of benzene rings is 4. The summed E-state index contributed by atoms with van der Waals surface area (Å²) in [4.78, 5) is 101. The van der Waals surface area contributed by atoms with E-state index in [0.29, 0.717) is 36.2 Å². The Morgan fingerprint density at radius 2 is 0.767 bits per heavy atom. The van der Waals surface area contributed by atoms with Crippen LogP contribution in [0.4, 0.5) is 23.0 Å². The van der Waals surface area contributed by atoms with Crippen molar-refractivity contribution in [3.63, 3.8) is 0 Å². The molecule has 0 saturated heterocycles. The van der Waals surface area contributed by atoms with Gasteiger partial charge >= 0.3 is 23.3 Å². The van der Waals surface area contributed by atoms with E-state index < -0.39 is 84.1 Å². The van der Waals surface area contributed by atoms with Crippen molar-refractivity contribution in [1.29, 1.82) is 0 Å². The lowest BCUT2D eigenvalue weighted by Crippen LogP contribution is -2.48. The third-order valence-corrected chi connectivity index (χ3v) is 14.9.